The SMILES string of the molecule is CCCCC1CCC(C(N)CCCC(C)C)CC1. The van der Waals surface area contributed by atoms with Crippen LogP contribution in [-0.4, -0.2) is 6.04 Å². The van der Waals surface area contributed by atoms with Crippen LogP contribution >= 0.6 is 0 Å². The first-order valence-electron chi connectivity index (χ1n) is 8.39. The van der Waals surface area contributed by atoms with E-state index in [-0.39, 0.29) is 0 Å². The van der Waals surface area contributed by atoms with Gasteiger partial charge in [0.1, 0.15) is 0 Å². The van der Waals surface area contributed by atoms with Gasteiger partial charge >= 0.3 is 0 Å². The Morgan fingerprint density at radius 3 is 2.22 bits per heavy atom. The van der Waals surface area contributed by atoms with Crippen LogP contribution in [0.1, 0.15) is 85.0 Å². The summed E-state index contributed by atoms with van der Waals surface area (Å²) in [6.07, 6.45) is 13.9. The van der Waals surface area contributed by atoms with Gasteiger partial charge in [0.2, 0.25) is 0 Å². The molecule has 1 saturated carbocycles. The molecule has 0 saturated heterocycles. The summed E-state index contributed by atoms with van der Waals surface area (Å²) in [4.78, 5) is 0. The summed E-state index contributed by atoms with van der Waals surface area (Å²) >= 11 is 0. The third-order valence-electron chi connectivity index (χ3n) is 4.78. The predicted molar refractivity (Wildman–Crippen MR) is 81.6 cm³/mol. The minimum Gasteiger partial charge on any atom is -0.327 e. The van der Waals surface area contributed by atoms with Gasteiger partial charge in [-0.05, 0) is 37.0 Å². The zero-order chi connectivity index (χ0) is 13.4. The summed E-state index contributed by atoms with van der Waals surface area (Å²) in [5.41, 5.74) is 6.38. The molecule has 1 atom stereocenters. The van der Waals surface area contributed by atoms with Crippen molar-refractivity contribution in [3.05, 3.63) is 0 Å². The van der Waals surface area contributed by atoms with Gasteiger partial charge in [-0.3, -0.25) is 0 Å². The van der Waals surface area contributed by atoms with Crippen molar-refractivity contribution in [3.8, 4) is 0 Å². The van der Waals surface area contributed by atoms with Crippen LogP contribution < -0.4 is 5.73 Å². The maximum Gasteiger partial charge on any atom is 0.00671 e. The molecular formula is C17H35N. The molecule has 1 nitrogen and oxygen atoms in total. The highest BCUT2D eigenvalue weighted by Gasteiger charge is 2.24. The molecule has 1 aliphatic carbocycles. The molecule has 0 spiro atoms. The summed E-state index contributed by atoms with van der Waals surface area (Å²) in [6, 6.07) is 0.482. The van der Waals surface area contributed by atoms with Crippen molar-refractivity contribution in [1.29, 1.82) is 0 Å². The second kappa shape index (κ2) is 8.96. The molecule has 0 amide bonds. The topological polar surface area (TPSA) is 26.0 Å². The summed E-state index contributed by atoms with van der Waals surface area (Å²) in [7, 11) is 0. The minimum absolute atomic E-state index is 0.482. The number of nitrogens with two attached hydrogens (primary N) is 1. The molecule has 1 fully saturated rings. The van der Waals surface area contributed by atoms with Crippen LogP contribution in [0.3, 0.4) is 0 Å². The van der Waals surface area contributed by atoms with Crippen LogP contribution in [0.2, 0.25) is 0 Å². The van der Waals surface area contributed by atoms with Crippen molar-refractivity contribution < 1.29 is 0 Å². The maximum absolute atomic E-state index is 6.38. The van der Waals surface area contributed by atoms with Crippen molar-refractivity contribution in [3.63, 3.8) is 0 Å². The lowest BCUT2D eigenvalue weighted by molar-refractivity contribution is 0.223. The summed E-state index contributed by atoms with van der Waals surface area (Å²) in [6.45, 7) is 6.92. The normalized spacial score (nSPS) is 26.5. The fraction of sp³-hybridized carbons (Fsp3) is 1.00. The lowest BCUT2D eigenvalue weighted by Crippen LogP contribution is -2.33. The first-order chi connectivity index (χ1) is 8.63. The van der Waals surface area contributed by atoms with E-state index >= 15 is 0 Å². The Bertz CT molecular complexity index is 192. The molecule has 1 unspecified atom stereocenters. The zero-order valence-corrected chi connectivity index (χ0v) is 13.0. The first kappa shape index (κ1) is 16.0. The Hall–Kier alpha value is -0.0400. The zero-order valence-electron chi connectivity index (χ0n) is 13.0. The molecule has 0 aromatic heterocycles. The first-order valence-corrected chi connectivity index (χ1v) is 8.39. The maximum atomic E-state index is 6.38. The molecular weight excluding hydrogens is 218 g/mol. The molecule has 1 heteroatoms. The van der Waals surface area contributed by atoms with Crippen molar-refractivity contribution in [2.45, 2.75) is 91.0 Å². The second-order valence-electron chi connectivity index (χ2n) is 6.91. The average molecular weight is 253 g/mol. The second-order valence-corrected chi connectivity index (χ2v) is 6.91. The third-order valence-corrected chi connectivity index (χ3v) is 4.78. The average Bonchev–Trinajstić information content (AvgIpc) is 2.36. The Balaban J connectivity index is 2.13. The van der Waals surface area contributed by atoms with E-state index in [2.05, 4.69) is 20.8 Å². The molecule has 2 N–H and O–H groups in total. The summed E-state index contributed by atoms with van der Waals surface area (Å²) in [5.74, 6) is 2.68. The van der Waals surface area contributed by atoms with Gasteiger partial charge in [0, 0.05) is 6.04 Å². The van der Waals surface area contributed by atoms with Crippen LogP contribution in [0.15, 0.2) is 0 Å². The standard InChI is InChI=1S/C17H35N/c1-4-5-8-15-10-12-16(13-11-15)17(18)9-6-7-14(2)3/h14-17H,4-13,18H2,1-3H3. The number of hydrogen-bond donors (Lipinski definition) is 1. The third kappa shape index (κ3) is 6.22. The number of hydrogen-bond acceptors (Lipinski definition) is 1. The molecule has 1 aliphatic rings. The number of rotatable bonds is 8. The van der Waals surface area contributed by atoms with Gasteiger partial charge in [-0.1, -0.05) is 65.7 Å². The molecule has 0 aliphatic heterocycles. The fourth-order valence-corrected chi connectivity index (χ4v) is 3.40. The van der Waals surface area contributed by atoms with Crippen molar-refractivity contribution in [1.82, 2.24) is 0 Å². The fourth-order valence-electron chi connectivity index (χ4n) is 3.40. The Morgan fingerprint density at radius 1 is 1.00 bits per heavy atom. The number of unbranched alkanes of at least 4 members (excludes halogenated alkanes) is 1. The summed E-state index contributed by atoms with van der Waals surface area (Å²) in [5, 5.41) is 0. The Morgan fingerprint density at radius 2 is 1.67 bits per heavy atom. The largest absolute Gasteiger partial charge is 0.327 e. The highest BCUT2D eigenvalue weighted by atomic mass is 14.6. The smallest absolute Gasteiger partial charge is 0.00671 e. The van der Waals surface area contributed by atoms with E-state index < -0.39 is 0 Å². The summed E-state index contributed by atoms with van der Waals surface area (Å²) < 4.78 is 0. The Labute approximate surface area is 115 Å². The minimum atomic E-state index is 0.482. The highest BCUT2D eigenvalue weighted by molar-refractivity contribution is 4.80. The highest BCUT2D eigenvalue weighted by Crippen LogP contribution is 2.34. The predicted octanol–water partition coefficient (Wildman–Crippen LogP) is 5.14. The van der Waals surface area contributed by atoms with Gasteiger partial charge in [0.25, 0.3) is 0 Å². The lowest BCUT2D eigenvalue weighted by atomic mass is 9.76. The van der Waals surface area contributed by atoms with Gasteiger partial charge in [0.15, 0.2) is 0 Å². The monoisotopic (exact) mass is 253 g/mol. The van der Waals surface area contributed by atoms with Crippen LogP contribution in [0, 0.1) is 17.8 Å². The van der Waals surface area contributed by atoms with Crippen molar-refractivity contribution in [2.24, 2.45) is 23.5 Å². The van der Waals surface area contributed by atoms with Crippen molar-refractivity contribution in [2.75, 3.05) is 0 Å². The van der Waals surface area contributed by atoms with Crippen LogP contribution in [0.4, 0.5) is 0 Å². The molecule has 18 heavy (non-hydrogen) atoms. The molecule has 0 aromatic rings. The van der Waals surface area contributed by atoms with E-state index in [1.807, 2.05) is 0 Å². The van der Waals surface area contributed by atoms with Gasteiger partial charge < -0.3 is 5.73 Å². The van der Waals surface area contributed by atoms with Crippen LogP contribution in [0.5, 0.6) is 0 Å². The van der Waals surface area contributed by atoms with Crippen LogP contribution in [0.25, 0.3) is 0 Å². The van der Waals surface area contributed by atoms with Gasteiger partial charge in [-0.25, -0.2) is 0 Å². The van der Waals surface area contributed by atoms with Gasteiger partial charge in [-0.15, -0.1) is 0 Å². The molecule has 108 valence electrons. The quantitative estimate of drug-likeness (QED) is 0.637. The Kier molecular flexibility index (Phi) is 7.97. The van der Waals surface area contributed by atoms with E-state index in [1.54, 1.807) is 0 Å². The van der Waals surface area contributed by atoms with Gasteiger partial charge in [0.05, 0.1) is 0 Å². The molecule has 0 bridgehead atoms. The molecule has 0 radical (unpaired) electrons. The van der Waals surface area contributed by atoms with Crippen LogP contribution in [-0.2, 0) is 0 Å². The van der Waals surface area contributed by atoms with E-state index in [9.17, 15) is 0 Å². The van der Waals surface area contributed by atoms with Gasteiger partial charge in [-0.2, -0.15) is 0 Å². The van der Waals surface area contributed by atoms with E-state index in [4.69, 9.17) is 5.73 Å². The van der Waals surface area contributed by atoms with E-state index in [1.165, 1.54) is 64.2 Å². The van der Waals surface area contributed by atoms with Crippen molar-refractivity contribution >= 4 is 0 Å². The molecule has 0 aromatic carbocycles. The lowest BCUT2D eigenvalue weighted by Gasteiger charge is -2.32. The van der Waals surface area contributed by atoms with E-state index in [0.717, 1.165) is 17.8 Å². The molecule has 1 rings (SSSR count). The molecule has 0 heterocycles. The van der Waals surface area contributed by atoms with E-state index in [0.29, 0.717) is 6.04 Å².